The lowest BCUT2D eigenvalue weighted by molar-refractivity contribution is -0.140. The molecule has 0 saturated heterocycles. The Bertz CT molecular complexity index is 377. The summed E-state index contributed by atoms with van der Waals surface area (Å²) >= 11 is 0. The van der Waals surface area contributed by atoms with E-state index in [-0.39, 0.29) is 18.1 Å². The van der Waals surface area contributed by atoms with Gasteiger partial charge < -0.3 is 19.3 Å². The Morgan fingerprint density at radius 3 is 1.92 bits per heavy atom. The third-order valence-corrected chi connectivity index (χ3v) is 3.75. The van der Waals surface area contributed by atoms with Crippen molar-refractivity contribution < 1.29 is 19.1 Å². The second-order valence-corrected chi connectivity index (χ2v) is 6.58. The predicted octanol–water partition coefficient (Wildman–Crippen LogP) is 1.12. The summed E-state index contributed by atoms with van der Waals surface area (Å²) < 4.78 is 4.40. The normalized spacial score (nSPS) is 13.1. The topological polar surface area (TPSA) is 70.2 Å². The van der Waals surface area contributed by atoms with Crippen LogP contribution in [0.2, 0.25) is 0 Å². The number of carbonyl (C=O) groups is 3. The van der Waals surface area contributed by atoms with Gasteiger partial charge in [0.25, 0.3) is 0 Å². The molecule has 1 amide bonds. The Kier molecular flexibility index (Phi) is 15.3. The lowest BCUT2D eigenvalue weighted by Gasteiger charge is -2.37. The summed E-state index contributed by atoms with van der Waals surface area (Å²) in [6, 6.07) is -0.390. The Balaban J connectivity index is 0. The van der Waals surface area contributed by atoms with Gasteiger partial charge >= 0.3 is 5.97 Å². The van der Waals surface area contributed by atoms with Crippen molar-refractivity contribution in [2.75, 3.05) is 47.4 Å². The van der Waals surface area contributed by atoms with E-state index in [9.17, 15) is 14.4 Å². The first kappa shape index (κ1) is 25.8. The largest absolute Gasteiger partial charge is 0.466 e. The quantitative estimate of drug-likeness (QED) is 0.407. The maximum atomic E-state index is 11.4. The summed E-state index contributed by atoms with van der Waals surface area (Å²) in [6.45, 7) is 12.4. The van der Waals surface area contributed by atoms with Gasteiger partial charge in [-0.1, -0.05) is 20.8 Å². The molecule has 148 valence electrons. The first-order valence-electron chi connectivity index (χ1n) is 8.79. The molecule has 2 atom stereocenters. The lowest BCUT2D eigenvalue weighted by atomic mass is 10.1. The molecule has 25 heavy (non-hydrogen) atoms. The van der Waals surface area contributed by atoms with Crippen molar-refractivity contribution in [3.05, 3.63) is 0 Å². The van der Waals surface area contributed by atoms with Gasteiger partial charge in [-0.15, -0.1) is 0 Å². The van der Waals surface area contributed by atoms with Crippen molar-refractivity contribution in [3.8, 4) is 0 Å². The summed E-state index contributed by atoms with van der Waals surface area (Å²) in [7, 11) is 5.67. The van der Waals surface area contributed by atoms with Crippen LogP contribution in [0.4, 0.5) is 0 Å². The summed E-state index contributed by atoms with van der Waals surface area (Å²) in [5, 5.41) is 0. The minimum atomic E-state index is -0.269. The number of amides is 1. The molecule has 0 aliphatic heterocycles. The van der Waals surface area contributed by atoms with E-state index in [2.05, 4.69) is 23.5 Å². The van der Waals surface area contributed by atoms with Crippen molar-refractivity contribution in [3.63, 3.8) is 0 Å². The second kappa shape index (κ2) is 14.8. The molecule has 7 heteroatoms. The Morgan fingerprint density at radius 2 is 1.64 bits per heavy atom. The maximum Gasteiger partial charge on any atom is 0.302 e. The van der Waals surface area contributed by atoms with E-state index in [1.54, 1.807) is 18.9 Å². The number of aldehydes is 1. The van der Waals surface area contributed by atoms with E-state index in [0.717, 1.165) is 25.8 Å². The molecule has 0 aliphatic rings. The van der Waals surface area contributed by atoms with E-state index in [1.807, 2.05) is 25.9 Å². The van der Waals surface area contributed by atoms with Gasteiger partial charge in [-0.2, -0.15) is 0 Å². The summed E-state index contributed by atoms with van der Waals surface area (Å²) in [5.74, 6) is 0.350. The van der Waals surface area contributed by atoms with Gasteiger partial charge in [0.15, 0.2) is 0 Å². The zero-order valence-electron chi connectivity index (χ0n) is 17.2. The van der Waals surface area contributed by atoms with Gasteiger partial charge in [0.1, 0.15) is 6.29 Å². The van der Waals surface area contributed by atoms with Crippen LogP contribution in [0.3, 0.4) is 0 Å². The van der Waals surface area contributed by atoms with Crippen LogP contribution in [0, 0.1) is 5.92 Å². The molecule has 0 N–H and O–H groups in total. The number of esters is 1. The van der Waals surface area contributed by atoms with E-state index in [0.29, 0.717) is 19.1 Å². The molecule has 0 spiro atoms. The Morgan fingerprint density at radius 1 is 1.08 bits per heavy atom. The zero-order valence-corrected chi connectivity index (χ0v) is 17.2. The van der Waals surface area contributed by atoms with Crippen LogP contribution >= 0.6 is 0 Å². The van der Waals surface area contributed by atoms with Gasteiger partial charge in [-0.25, -0.2) is 0 Å². The minimum absolute atomic E-state index is 0.122. The van der Waals surface area contributed by atoms with Crippen LogP contribution in [0.5, 0.6) is 0 Å². The van der Waals surface area contributed by atoms with Gasteiger partial charge in [0.05, 0.1) is 18.7 Å². The standard InChI is InChI=1S/C14H29N3O2.C4H8O2/c1-7-16(5)14(10-18)13(17(6)11-19)9-15(4)8-12(2)3;1-3-6-4(2)5/h10-14H,7-9H2,1-6H3;3H2,1-2H3/t13?,14-;/m0./s1. The number of rotatable bonds is 11. The molecule has 7 nitrogen and oxygen atoms in total. The lowest BCUT2D eigenvalue weighted by Crippen LogP contribution is -2.54. The molecule has 0 radical (unpaired) electrons. The SMILES string of the molecule is CCN(C)[C@@H](C=O)C(CN(C)CC(C)C)N(C)C=O.CCOC(C)=O. The predicted molar refractivity (Wildman–Crippen MR) is 100 cm³/mol. The van der Waals surface area contributed by atoms with Crippen LogP contribution < -0.4 is 0 Å². The van der Waals surface area contributed by atoms with Crippen molar-refractivity contribution in [2.45, 2.75) is 46.7 Å². The second-order valence-electron chi connectivity index (χ2n) is 6.58. The van der Waals surface area contributed by atoms with Crippen LogP contribution in [-0.4, -0.2) is 92.8 Å². The molecule has 0 fully saturated rings. The minimum Gasteiger partial charge on any atom is -0.466 e. The molecule has 0 aromatic rings. The number of carbonyl (C=O) groups excluding carboxylic acids is 3. The Hall–Kier alpha value is -1.47. The fourth-order valence-electron chi connectivity index (χ4n) is 2.48. The van der Waals surface area contributed by atoms with Gasteiger partial charge in [0.2, 0.25) is 6.41 Å². The summed E-state index contributed by atoms with van der Waals surface area (Å²) in [5.41, 5.74) is 0. The molecule has 0 heterocycles. The van der Waals surface area contributed by atoms with Crippen molar-refractivity contribution in [1.82, 2.24) is 14.7 Å². The van der Waals surface area contributed by atoms with E-state index in [4.69, 9.17) is 0 Å². The van der Waals surface area contributed by atoms with Crippen LogP contribution in [0.15, 0.2) is 0 Å². The van der Waals surface area contributed by atoms with Gasteiger partial charge in [0, 0.05) is 27.1 Å². The summed E-state index contributed by atoms with van der Waals surface area (Å²) in [4.78, 5) is 38.0. The average molecular weight is 360 g/mol. The third-order valence-electron chi connectivity index (χ3n) is 3.75. The molecular formula is C18H37N3O4. The number of ether oxygens (including phenoxy) is 1. The molecule has 0 aromatic heterocycles. The third kappa shape index (κ3) is 12.5. The fourth-order valence-corrected chi connectivity index (χ4v) is 2.48. The van der Waals surface area contributed by atoms with E-state index < -0.39 is 0 Å². The van der Waals surface area contributed by atoms with Crippen LogP contribution in [0.1, 0.15) is 34.6 Å². The number of likely N-dealkylation sites (N-methyl/N-ethyl adjacent to an activating group) is 3. The molecule has 0 rings (SSSR count). The first-order valence-corrected chi connectivity index (χ1v) is 8.79. The molecule has 0 saturated carbocycles. The van der Waals surface area contributed by atoms with E-state index in [1.165, 1.54) is 6.92 Å². The smallest absolute Gasteiger partial charge is 0.302 e. The van der Waals surface area contributed by atoms with Crippen molar-refractivity contribution >= 4 is 18.7 Å². The molecular weight excluding hydrogens is 322 g/mol. The van der Waals surface area contributed by atoms with Crippen molar-refractivity contribution in [1.29, 1.82) is 0 Å². The highest BCUT2D eigenvalue weighted by atomic mass is 16.5. The van der Waals surface area contributed by atoms with Crippen LogP contribution in [0.25, 0.3) is 0 Å². The highest BCUT2D eigenvalue weighted by molar-refractivity contribution is 5.65. The number of nitrogens with zero attached hydrogens (tertiary/aromatic N) is 3. The number of hydrogen-bond donors (Lipinski definition) is 0. The highest BCUT2D eigenvalue weighted by Crippen LogP contribution is 2.09. The zero-order chi connectivity index (χ0) is 20.0. The van der Waals surface area contributed by atoms with Crippen molar-refractivity contribution in [2.24, 2.45) is 5.92 Å². The molecule has 0 bridgehead atoms. The first-order chi connectivity index (χ1) is 11.6. The van der Waals surface area contributed by atoms with Gasteiger partial charge in [-0.3, -0.25) is 14.5 Å². The Labute approximate surface area is 153 Å². The van der Waals surface area contributed by atoms with Gasteiger partial charge in [-0.05, 0) is 33.5 Å². The molecule has 0 aliphatic carbocycles. The maximum absolute atomic E-state index is 11.4. The molecule has 1 unspecified atom stereocenters. The molecule has 0 aromatic carbocycles. The monoisotopic (exact) mass is 359 g/mol. The highest BCUT2D eigenvalue weighted by Gasteiger charge is 2.28. The summed E-state index contributed by atoms with van der Waals surface area (Å²) in [6.07, 6.45) is 1.74. The number of hydrogen-bond acceptors (Lipinski definition) is 6. The van der Waals surface area contributed by atoms with E-state index >= 15 is 0 Å². The van der Waals surface area contributed by atoms with Crippen LogP contribution in [-0.2, 0) is 19.1 Å². The average Bonchev–Trinajstić information content (AvgIpc) is 2.53. The fraction of sp³-hybridized carbons (Fsp3) is 0.833.